The van der Waals surface area contributed by atoms with Crippen molar-refractivity contribution in [3.05, 3.63) is 0 Å². The first-order valence-electron chi connectivity index (χ1n) is 6.69. The third-order valence-electron chi connectivity index (χ3n) is 3.04. The fourth-order valence-electron chi connectivity index (χ4n) is 2.37. The van der Waals surface area contributed by atoms with Crippen molar-refractivity contribution in [2.45, 2.75) is 44.7 Å². The standard InChI is InChI=1S/C12H20N4O3S/c1-4-16-11(13-14-12(16)20-7-10(17)18)15-5-8(2)19-9(3)6-15/h8-9H,4-7H2,1-3H3,(H,17,18)/t8-,9+. The van der Waals surface area contributed by atoms with E-state index < -0.39 is 5.97 Å². The molecule has 8 heteroatoms. The summed E-state index contributed by atoms with van der Waals surface area (Å²) in [6, 6.07) is 0. The number of aromatic nitrogens is 3. The van der Waals surface area contributed by atoms with Crippen molar-refractivity contribution in [1.82, 2.24) is 14.8 Å². The van der Waals surface area contributed by atoms with Gasteiger partial charge in [-0.15, -0.1) is 10.2 Å². The summed E-state index contributed by atoms with van der Waals surface area (Å²) in [4.78, 5) is 12.8. The molecule has 1 saturated heterocycles. The zero-order chi connectivity index (χ0) is 14.7. The number of aliphatic carboxylic acids is 1. The van der Waals surface area contributed by atoms with Crippen LogP contribution in [0.5, 0.6) is 0 Å². The van der Waals surface area contributed by atoms with Gasteiger partial charge in [0.05, 0.1) is 18.0 Å². The second kappa shape index (κ2) is 6.45. The Morgan fingerprint density at radius 1 is 1.40 bits per heavy atom. The molecule has 0 radical (unpaired) electrons. The van der Waals surface area contributed by atoms with Crippen LogP contribution in [0.4, 0.5) is 5.95 Å². The van der Waals surface area contributed by atoms with Gasteiger partial charge in [0.2, 0.25) is 5.95 Å². The zero-order valence-electron chi connectivity index (χ0n) is 11.9. The van der Waals surface area contributed by atoms with Crippen LogP contribution in [0.15, 0.2) is 5.16 Å². The van der Waals surface area contributed by atoms with E-state index in [1.165, 1.54) is 11.8 Å². The Balaban J connectivity index is 2.17. The molecule has 2 heterocycles. The summed E-state index contributed by atoms with van der Waals surface area (Å²) in [6.07, 6.45) is 0.298. The monoisotopic (exact) mass is 300 g/mol. The Labute approximate surface area is 122 Å². The maximum absolute atomic E-state index is 10.7. The van der Waals surface area contributed by atoms with Crippen LogP contribution in [-0.4, -0.2) is 56.9 Å². The number of rotatable bonds is 5. The molecule has 1 fully saturated rings. The molecule has 0 aliphatic carbocycles. The fourth-order valence-corrected chi connectivity index (χ4v) is 3.08. The predicted octanol–water partition coefficient (Wildman–Crippen LogP) is 1.09. The van der Waals surface area contributed by atoms with Gasteiger partial charge in [0.25, 0.3) is 0 Å². The summed E-state index contributed by atoms with van der Waals surface area (Å²) >= 11 is 1.20. The maximum atomic E-state index is 10.7. The Bertz CT molecular complexity index is 469. The topological polar surface area (TPSA) is 80.5 Å². The molecule has 0 spiro atoms. The molecule has 1 N–H and O–H groups in total. The number of carboxylic acid groups (broad SMARTS) is 1. The van der Waals surface area contributed by atoms with Crippen LogP contribution in [0, 0.1) is 0 Å². The lowest BCUT2D eigenvalue weighted by Gasteiger charge is -2.35. The van der Waals surface area contributed by atoms with Crippen molar-refractivity contribution >= 4 is 23.7 Å². The fraction of sp³-hybridized carbons (Fsp3) is 0.750. The van der Waals surface area contributed by atoms with Gasteiger partial charge in [0.15, 0.2) is 5.16 Å². The minimum Gasteiger partial charge on any atom is -0.481 e. The second-order valence-electron chi connectivity index (χ2n) is 4.87. The predicted molar refractivity (Wildman–Crippen MR) is 76.3 cm³/mol. The highest BCUT2D eigenvalue weighted by molar-refractivity contribution is 7.99. The Hall–Kier alpha value is -1.28. The summed E-state index contributed by atoms with van der Waals surface area (Å²) < 4.78 is 7.67. The highest BCUT2D eigenvalue weighted by Crippen LogP contribution is 2.24. The van der Waals surface area contributed by atoms with E-state index in [9.17, 15) is 4.79 Å². The van der Waals surface area contributed by atoms with E-state index in [4.69, 9.17) is 9.84 Å². The van der Waals surface area contributed by atoms with Crippen LogP contribution in [0.25, 0.3) is 0 Å². The van der Waals surface area contributed by atoms with Gasteiger partial charge in [-0.25, -0.2) is 0 Å². The molecular formula is C12H20N4O3S. The number of anilines is 1. The summed E-state index contributed by atoms with van der Waals surface area (Å²) in [5, 5.41) is 17.7. The number of nitrogens with zero attached hydrogens (tertiary/aromatic N) is 4. The lowest BCUT2D eigenvalue weighted by molar-refractivity contribution is -0.133. The molecule has 7 nitrogen and oxygen atoms in total. The molecule has 0 bridgehead atoms. The molecule has 0 amide bonds. The normalized spacial score (nSPS) is 23.1. The molecular weight excluding hydrogens is 280 g/mol. The highest BCUT2D eigenvalue weighted by Gasteiger charge is 2.26. The Kier molecular flexibility index (Phi) is 4.87. The average molecular weight is 300 g/mol. The summed E-state index contributed by atoms with van der Waals surface area (Å²) in [6.45, 7) is 8.33. The quantitative estimate of drug-likeness (QED) is 0.815. The van der Waals surface area contributed by atoms with Gasteiger partial charge >= 0.3 is 5.97 Å². The molecule has 1 aliphatic heterocycles. The van der Waals surface area contributed by atoms with E-state index in [0.29, 0.717) is 11.7 Å². The minimum atomic E-state index is -0.851. The number of thioether (sulfide) groups is 1. The zero-order valence-corrected chi connectivity index (χ0v) is 12.8. The van der Waals surface area contributed by atoms with Gasteiger partial charge in [-0.2, -0.15) is 0 Å². The smallest absolute Gasteiger partial charge is 0.313 e. The highest BCUT2D eigenvalue weighted by atomic mass is 32.2. The van der Waals surface area contributed by atoms with E-state index >= 15 is 0 Å². The Morgan fingerprint density at radius 2 is 2.05 bits per heavy atom. The number of hydrogen-bond donors (Lipinski definition) is 1. The second-order valence-corrected chi connectivity index (χ2v) is 5.81. The van der Waals surface area contributed by atoms with Crippen molar-refractivity contribution < 1.29 is 14.6 Å². The largest absolute Gasteiger partial charge is 0.481 e. The van der Waals surface area contributed by atoms with Crippen LogP contribution in [-0.2, 0) is 16.1 Å². The van der Waals surface area contributed by atoms with Gasteiger partial charge in [0.1, 0.15) is 0 Å². The average Bonchev–Trinajstić information content (AvgIpc) is 2.77. The van der Waals surface area contributed by atoms with Gasteiger partial charge in [0, 0.05) is 19.6 Å². The summed E-state index contributed by atoms with van der Waals surface area (Å²) in [5.41, 5.74) is 0. The van der Waals surface area contributed by atoms with Crippen LogP contribution >= 0.6 is 11.8 Å². The van der Waals surface area contributed by atoms with Crippen LogP contribution < -0.4 is 4.90 Å². The van der Waals surface area contributed by atoms with Gasteiger partial charge in [-0.3, -0.25) is 9.36 Å². The molecule has 112 valence electrons. The molecule has 1 aromatic heterocycles. The molecule has 0 unspecified atom stereocenters. The van der Waals surface area contributed by atoms with Crippen LogP contribution in [0.2, 0.25) is 0 Å². The van der Waals surface area contributed by atoms with Crippen molar-refractivity contribution in [2.75, 3.05) is 23.7 Å². The number of carboxylic acids is 1. The number of carbonyl (C=O) groups is 1. The van der Waals surface area contributed by atoms with E-state index in [1.807, 2.05) is 25.3 Å². The summed E-state index contributed by atoms with van der Waals surface area (Å²) in [7, 11) is 0. The third-order valence-corrected chi connectivity index (χ3v) is 3.99. The molecule has 20 heavy (non-hydrogen) atoms. The molecule has 0 aromatic carbocycles. The summed E-state index contributed by atoms with van der Waals surface area (Å²) in [5.74, 6) is -0.0631. The molecule has 1 aliphatic rings. The van der Waals surface area contributed by atoms with E-state index in [2.05, 4.69) is 15.1 Å². The molecule has 1 aromatic rings. The number of ether oxygens (including phenoxy) is 1. The first-order chi connectivity index (χ1) is 9.51. The van der Waals surface area contributed by atoms with Crippen LogP contribution in [0.3, 0.4) is 0 Å². The van der Waals surface area contributed by atoms with Gasteiger partial charge in [-0.05, 0) is 20.8 Å². The van der Waals surface area contributed by atoms with E-state index in [1.54, 1.807) is 0 Å². The molecule has 2 atom stereocenters. The first kappa shape index (κ1) is 15.1. The van der Waals surface area contributed by atoms with E-state index in [-0.39, 0.29) is 18.0 Å². The van der Waals surface area contributed by atoms with Gasteiger partial charge in [-0.1, -0.05) is 11.8 Å². The molecule has 2 rings (SSSR count). The lowest BCUT2D eigenvalue weighted by atomic mass is 10.2. The lowest BCUT2D eigenvalue weighted by Crippen LogP contribution is -2.46. The van der Waals surface area contributed by atoms with E-state index in [0.717, 1.165) is 19.0 Å². The van der Waals surface area contributed by atoms with Crippen molar-refractivity contribution in [1.29, 1.82) is 0 Å². The maximum Gasteiger partial charge on any atom is 0.313 e. The molecule has 0 saturated carbocycles. The minimum absolute atomic E-state index is 0.00590. The van der Waals surface area contributed by atoms with Gasteiger partial charge < -0.3 is 14.7 Å². The van der Waals surface area contributed by atoms with Crippen LogP contribution in [0.1, 0.15) is 20.8 Å². The third kappa shape index (κ3) is 3.43. The Morgan fingerprint density at radius 3 is 2.60 bits per heavy atom. The SMILES string of the molecule is CCn1c(SCC(=O)O)nnc1N1C[C@@H](C)O[C@@H](C)C1. The number of morpholine rings is 1. The van der Waals surface area contributed by atoms with Crippen molar-refractivity contribution in [3.8, 4) is 0 Å². The number of hydrogen-bond acceptors (Lipinski definition) is 6. The van der Waals surface area contributed by atoms with Crippen molar-refractivity contribution in [3.63, 3.8) is 0 Å². The van der Waals surface area contributed by atoms with Crippen molar-refractivity contribution in [2.24, 2.45) is 0 Å². The first-order valence-corrected chi connectivity index (χ1v) is 7.68.